The Morgan fingerprint density at radius 2 is 1.59 bits per heavy atom. The predicted octanol–water partition coefficient (Wildman–Crippen LogP) is 4.28. The van der Waals surface area contributed by atoms with Gasteiger partial charge >= 0.3 is 0 Å². The molecular weight excluding hydrogens is 354 g/mol. The van der Waals surface area contributed by atoms with Gasteiger partial charge in [0.05, 0.1) is 0 Å². The van der Waals surface area contributed by atoms with Crippen molar-refractivity contribution in [3.8, 4) is 11.8 Å². The SMILES string of the molecule is N#Cc1cccc(Sc2nnc(Cc3ccccc3)n2-c2ccccc2)n1. The fraction of sp³-hybridized carbons (Fsp3) is 0.0476. The van der Waals surface area contributed by atoms with Gasteiger partial charge in [0.1, 0.15) is 22.6 Å². The van der Waals surface area contributed by atoms with Gasteiger partial charge in [-0.3, -0.25) is 4.57 Å². The molecule has 4 aromatic rings. The summed E-state index contributed by atoms with van der Waals surface area (Å²) in [6.07, 6.45) is 0.676. The zero-order valence-corrected chi connectivity index (χ0v) is 15.2. The molecule has 0 radical (unpaired) electrons. The minimum atomic E-state index is 0.385. The monoisotopic (exact) mass is 369 g/mol. The van der Waals surface area contributed by atoms with Crippen molar-refractivity contribution < 1.29 is 0 Å². The molecule has 0 fully saturated rings. The number of aromatic nitrogens is 4. The van der Waals surface area contributed by atoms with Crippen LogP contribution in [0.1, 0.15) is 17.1 Å². The van der Waals surface area contributed by atoms with Crippen LogP contribution in [0.3, 0.4) is 0 Å². The number of para-hydroxylation sites is 1. The molecule has 0 unspecified atom stereocenters. The van der Waals surface area contributed by atoms with E-state index in [-0.39, 0.29) is 0 Å². The molecule has 0 N–H and O–H groups in total. The third-order valence-corrected chi connectivity index (χ3v) is 4.84. The first-order chi connectivity index (χ1) is 13.3. The zero-order valence-electron chi connectivity index (χ0n) is 14.4. The lowest BCUT2D eigenvalue weighted by atomic mass is 10.1. The van der Waals surface area contributed by atoms with Crippen molar-refractivity contribution in [1.82, 2.24) is 19.7 Å². The van der Waals surface area contributed by atoms with Gasteiger partial charge in [-0.25, -0.2) is 4.98 Å². The Labute approximate surface area is 161 Å². The lowest BCUT2D eigenvalue weighted by Crippen LogP contribution is -2.03. The van der Waals surface area contributed by atoms with Crippen LogP contribution in [0, 0.1) is 11.3 Å². The third-order valence-electron chi connectivity index (χ3n) is 3.95. The second-order valence-electron chi connectivity index (χ2n) is 5.81. The molecular formula is C21H15N5S. The summed E-state index contributed by atoms with van der Waals surface area (Å²) in [7, 11) is 0. The summed E-state index contributed by atoms with van der Waals surface area (Å²) >= 11 is 1.40. The second-order valence-corrected chi connectivity index (χ2v) is 6.79. The Hall–Kier alpha value is -3.43. The summed E-state index contributed by atoms with van der Waals surface area (Å²) < 4.78 is 2.04. The number of hydrogen-bond acceptors (Lipinski definition) is 5. The van der Waals surface area contributed by atoms with Crippen molar-refractivity contribution in [2.24, 2.45) is 0 Å². The van der Waals surface area contributed by atoms with E-state index in [2.05, 4.69) is 33.4 Å². The van der Waals surface area contributed by atoms with E-state index in [4.69, 9.17) is 5.26 Å². The van der Waals surface area contributed by atoms with Crippen LogP contribution in [0.4, 0.5) is 0 Å². The topological polar surface area (TPSA) is 67.4 Å². The van der Waals surface area contributed by atoms with Gasteiger partial charge in [-0.05, 0) is 41.6 Å². The fourth-order valence-electron chi connectivity index (χ4n) is 2.72. The van der Waals surface area contributed by atoms with Gasteiger partial charge in [0, 0.05) is 12.1 Å². The van der Waals surface area contributed by atoms with Crippen molar-refractivity contribution in [2.45, 2.75) is 16.6 Å². The molecule has 6 heteroatoms. The van der Waals surface area contributed by atoms with Crippen LogP contribution in [0.2, 0.25) is 0 Å². The molecule has 0 amide bonds. The molecule has 0 saturated heterocycles. The molecule has 27 heavy (non-hydrogen) atoms. The van der Waals surface area contributed by atoms with E-state index < -0.39 is 0 Å². The van der Waals surface area contributed by atoms with E-state index in [0.717, 1.165) is 16.7 Å². The third kappa shape index (κ3) is 3.89. The first-order valence-corrected chi connectivity index (χ1v) is 9.24. The number of benzene rings is 2. The fourth-order valence-corrected chi connectivity index (χ4v) is 3.58. The van der Waals surface area contributed by atoms with E-state index in [0.29, 0.717) is 17.1 Å². The van der Waals surface area contributed by atoms with Crippen LogP contribution in [0.25, 0.3) is 5.69 Å². The molecule has 0 bridgehead atoms. The zero-order chi connectivity index (χ0) is 18.5. The smallest absolute Gasteiger partial charge is 0.202 e. The van der Waals surface area contributed by atoms with Crippen LogP contribution in [0.15, 0.2) is 89.0 Å². The van der Waals surface area contributed by atoms with E-state index in [1.807, 2.05) is 65.2 Å². The molecule has 0 aliphatic carbocycles. The van der Waals surface area contributed by atoms with Gasteiger partial charge in [0.15, 0.2) is 0 Å². The molecule has 2 heterocycles. The summed E-state index contributed by atoms with van der Waals surface area (Å²) in [5.74, 6) is 0.853. The van der Waals surface area contributed by atoms with Gasteiger partial charge in [-0.1, -0.05) is 54.6 Å². The van der Waals surface area contributed by atoms with Crippen molar-refractivity contribution in [1.29, 1.82) is 5.26 Å². The Kier molecular flexibility index (Phi) is 4.95. The van der Waals surface area contributed by atoms with Crippen molar-refractivity contribution in [3.63, 3.8) is 0 Å². The average molecular weight is 369 g/mol. The van der Waals surface area contributed by atoms with E-state index >= 15 is 0 Å². The molecule has 130 valence electrons. The normalized spacial score (nSPS) is 10.5. The number of hydrogen-bond donors (Lipinski definition) is 0. The molecule has 0 aliphatic rings. The Morgan fingerprint density at radius 3 is 2.33 bits per heavy atom. The number of nitriles is 1. The molecule has 5 nitrogen and oxygen atoms in total. The molecule has 0 saturated carbocycles. The van der Waals surface area contributed by atoms with Crippen LogP contribution >= 0.6 is 11.8 Å². The number of nitrogens with zero attached hydrogens (tertiary/aromatic N) is 5. The Bertz CT molecular complexity index is 1080. The highest BCUT2D eigenvalue weighted by molar-refractivity contribution is 7.99. The van der Waals surface area contributed by atoms with Crippen molar-refractivity contribution in [3.05, 3.63) is 95.9 Å². The summed E-state index contributed by atoms with van der Waals surface area (Å²) in [5, 5.41) is 19.3. The maximum absolute atomic E-state index is 9.07. The summed E-state index contributed by atoms with van der Waals surface area (Å²) in [6.45, 7) is 0. The minimum Gasteiger partial charge on any atom is -0.273 e. The maximum atomic E-state index is 9.07. The van der Waals surface area contributed by atoms with Gasteiger partial charge in [0.2, 0.25) is 5.16 Å². The van der Waals surface area contributed by atoms with Crippen molar-refractivity contribution in [2.75, 3.05) is 0 Å². The second kappa shape index (κ2) is 7.85. The molecule has 0 aliphatic heterocycles. The van der Waals surface area contributed by atoms with E-state index in [9.17, 15) is 0 Å². The van der Waals surface area contributed by atoms with Gasteiger partial charge < -0.3 is 0 Å². The van der Waals surface area contributed by atoms with Crippen LogP contribution in [-0.4, -0.2) is 19.7 Å². The van der Waals surface area contributed by atoms with Gasteiger partial charge in [-0.2, -0.15) is 5.26 Å². The van der Waals surface area contributed by atoms with Crippen LogP contribution < -0.4 is 0 Å². The quantitative estimate of drug-likeness (QED) is 0.525. The minimum absolute atomic E-state index is 0.385. The summed E-state index contributed by atoms with van der Waals surface area (Å²) in [5.41, 5.74) is 2.55. The predicted molar refractivity (Wildman–Crippen MR) is 104 cm³/mol. The van der Waals surface area contributed by atoms with Crippen LogP contribution in [-0.2, 0) is 6.42 Å². The molecule has 0 atom stereocenters. The van der Waals surface area contributed by atoms with Gasteiger partial charge in [-0.15, -0.1) is 10.2 Å². The molecule has 2 aromatic heterocycles. The Balaban J connectivity index is 1.74. The largest absolute Gasteiger partial charge is 0.273 e. The first kappa shape index (κ1) is 17.0. The average Bonchev–Trinajstić information content (AvgIpc) is 3.11. The lowest BCUT2D eigenvalue weighted by Gasteiger charge is -2.10. The van der Waals surface area contributed by atoms with Crippen LogP contribution in [0.5, 0.6) is 0 Å². The van der Waals surface area contributed by atoms with E-state index in [1.54, 1.807) is 6.07 Å². The summed E-state index contributed by atoms with van der Waals surface area (Å²) in [6, 6.07) is 27.7. The molecule has 0 spiro atoms. The maximum Gasteiger partial charge on any atom is 0.202 e. The first-order valence-electron chi connectivity index (χ1n) is 8.42. The highest BCUT2D eigenvalue weighted by Crippen LogP contribution is 2.28. The van der Waals surface area contributed by atoms with Crippen molar-refractivity contribution >= 4 is 11.8 Å². The summed E-state index contributed by atoms with van der Waals surface area (Å²) in [4.78, 5) is 4.34. The number of pyridine rings is 1. The molecule has 2 aromatic carbocycles. The standard InChI is InChI=1S/C21H15N5S/c22-15-17-10-7-13-20(23-17)27-21-25-24-19(14-16-8-3-1-4-9-16)26(21)18-11-5-2-6-12-18/h1-13H,14H2. The molecule has 4 rings (SSSR count). The highest BCUT2D eigenvalue weighted by atomic mass is 32.2. The number of rotatable bonds is 5. The lowest BCUT2D eigenvalue weighted by molar-refractivity contribution is 0.846. The Morgan fingerprint density at radius 1 is 0.852 bits per heavy atom. The van der Waals surface area contributed by atoms with E-state index in [1.165, 1.54) is 17.3 Å². The highest BCUT2D eigenvalue weighted by Gasteiger charge is 2.16. The van der Waals surface area contributed by atoms with Gasteiger partial charge in [0.25, 0.3) is 0 Å².